The Bertz CT molecular complexity index is 1010. The first-order valence-corrected chi connectivity index (χ1v) is 9.77. The Labute approximate surface area is 161 Å². The van der Waals surface area contributed by atoms with Gasteiger partial charge in [-0.1, -0.05) is 13.8 Å². The van der Waals surface area contributed by atoms with Gasteiger partial charge in [-0.15, -0.1) is 0 Å². The van der Waals surface area contributed by atoms with Gasteiger partial charge in [0.2, 0.25) is 5.43 Å². The van der Waals surface area contributed by atoms with Crippen molar-refractivity contribution in [1.82, 2.24) is 4.90 Å². The van der Waals surface area contributed by atoms with Gasteiger partial charge in [0.1, 0.15) is 17.9 Å². The summed E-state index contributed by atoms with van der Waals surface area (Å²) in [5.41, 5.74) is 3.26. The summed E-state index contributed by atoms with van der Waals surface area (Å²) in [4.78, 5) is 15.2. The quantitative estimate of drug-likeness (QED) is 0.526. The third-order valence-corrected chi connectivity index (χ3v) is 5.91. The number of likely N-dealkylation sites (N-methyl/N-ethyl adjacent to an activating group) is 1. The maximum atomic E-state index is 12.9. The smallest absolute Gasteiger partial charge is 0.200 e. The summed E-state index contributed by atoms with van der Waals surface area (Å²) in [5, 5.41) is 1.17. The number of fused-ring (bicyclic) bond motifs is 2. The van der Waals surface area contributed by atoms with E-state index in [1.807, 2.05) is 26.0 Å². The summed E-state index contributed by atoms with van der Waals surface area (Å²) in [6, 6.07) is 7.33. The number of aryl methyl sites for hydroxylation is 1. The van der Waals surface area contributed by atoms with Crippen LogP contribution >= 0.6 is 15.9 Å². The van der Waals surface area contributed by atoms with E-state index in [1.54, 1.807) is 12.1 Å². The van der Waals surface area contributed by atoms with Crippen LogP contribution < -0.4 is 10.2 Å². The molecule has 0 fully saturated rings. The highest BCUT2D eigenvalue weighted by molar-refractivity contribution is 9.10. The first-order valence-electron chi connectivity index (χ1n) is 8.97. The minimum absolute atomic E-state index is 0.0141. The zero-order chi connectivity index (χ0) is 18.8. The van der Waals surface area contributed by atoms with Crippen molar-refractivity contribution in [3.8, 4) is 5.75 Å². The summed E-state index contributed by atoms with van der Waals surface area (Å²) < 4.78 is 12.8. The van der Waals surface area contributed by atoms with E-state index in [1.165, 1.54) is 0 Å². The SMILES string of the molecule is CCN(CC)CCOc1ccc2c(=O)c3cc(C)c(C)c(Br)c3oc2c1. The summed E-state index contributed by atoms with van der Waals surface area (Å²) in [7, 11) is 0. The Morgan fingerprint density at radius 2 is 1.85 bits per heavy atom. The molecule has 3 aromatic rings. The fourth-order valence-electron chi connectivity index (χ4n) is 3.07. The molecule has 0 saturated heterocycles. The normalized spacial score (nSPS) is 11.6. The van der Waals surface area contributed by atoms with Crippen molar-refractivity contribution in [3.63, 3.8) is 0 Å². The Hall–Kier alpha value is -1.85. The topological polar surface area (TPSA) is 42.7 Å². The van der Waals surface area contributed by atoms with E-state index in [0.29, 0.717) is 34.3 Å². The lowest BCUT2D eigenvalue weighted by molar-refractivity contribution is 0.223. The van der Waals surface area contributed by atoms with Crippen LogP contribution in [0.15, 0.2) is 37.9 Å². The highest BCUT2D eigenvalue weighted by Gasteiger charge is 2.14. The van der Waals surface area contributed by atoms with Crippen LogP contribution in [-0.4, -0.2) is 31.1 Å². The molecule has 26 heavy (non-hydrogen) atoms. The summed E-state index contributed by atoms with van der Waals surface area (Å²) >= 11 is 3.57. The van der Waals surface area contributed by atoms with Crippen molar-refractivity contribution >= 4 is 37.9 Å². The van der Waals surface area contributed by atoms with E-state index in [0.717, 1.165) is 35.2 Å². The van der Waals surface area contributed by atoms with E-state index < -0.39 is 0 Å². The van der Waals surface area contributed by atoms with Gasteiger partial charge in [-0.3, -0.25) is 4.79 Å². The number of hydrogen-bond acceptors (Lipinski definition) is 4. The summed E-state index contributed by atoms with van der Waals surface area (Å²) in [6.07, 6.45) is 0. The van der Waals surface area contributed by atoms with Crippen LogP contribution in [-0.2, 0) is 0 Å². The van der Waals surface area contributed by atoms with Gasteiger partial charge in [-0.2, -0.15) is 0 Å². The van der Waals surface area contributed by atoms with E-state index in [-0.39, 0.29) is 5.43 Å². The largest absolute Gasteiger partial charge is 0.492 e. The van der Waals surface area contributed by atoms with Crippen LogP contribution in [0.25, 0.3) is 21.9 Å². The highest BCUT2D eigenvalue weighted by Crippen LogP contribution is 2.31. The van der Waals surface area contributed by atoms with Gasteiger partial charge in [-0.25, -0.2) is 0 Å². The molecular formula is C21H24BrNO3. The number of benzene rings is 2. The van der Waals surface area contributed by atoms with Gasteiger partial charge in [-0.05, 0) is 72.2 Å². The molecule has 4 nitrogen and oxygen atoms in total. The molecule has 5 heteroatoms. The fraction of sp³-hybridized carbons (Fsp3) is 0.381. The number of nitrogens with zero attached hydrogens (tertiary/aromatic N) is 1. The van der Waals surface area contributed by atoms with Crippen LogP contribution in [0.3, 0.4) is 0 Å². The van der Waals surface area contributed by atoms with Crippen LogP contribution in [0.5, 0.6) is 5.75 Å². The van der Waals surface area contributed by atoms with Gasteiger partial charge in [0.25, 0.3) is 0 Å². The van der Waals surface area contributed by atoms with Crippen molar-refractivity contribution < 1.29 is 9.15 Å². The van der Waals surface area contributed by atoms with Crippen LogP contribution in [0, 0.1) is 13.8 Å². The summed E-state index contributed by atoms with van der Waals surface area (Å²) in [6.45, 7) is 11.8. The van der Waals surface area contributed by atoms with E-state index >= 15 is 0 Å². The maximum Gasteiger partial charge on any atom is 0.200 e. The van der Waals surface area contributed by atoms with Gasteiger partial charge in [0, 0.05) is 12.6 Å². The predicted octanol–water partition coefficient (Wildman–Crippen LogP) is 5.05. The Morgan fingerprint density at radius 1 is 1.12 bits per heavy atom. The van der Waals surface area contributed by atoms with Gasteiger partial charge in [0.15, 0.2) is 5.58 Å². The maximum absolute atomic E-state index is 12.9. The van der Waals surface area contributed by atoms with E-state index in [2.05, 4.69) is 34.7 Å². The third-order valence-electron chi connectivity index (χ3n) is 4.95. The van der Waals surface area contributed by atoms with Crippen molar-refractivity contribution in [2.45, 2.75) is 27.7 Å². The lowest BCUT2D eigenvalue weighted by Gasteiger charge is -2.18. The van der Waals surface area contributed by atoms with Crippen molar-refractivity contribution in [3.05, 3.63) is 50.1 Å². The van der Waals surface area contributed by atoms with Gasteiger partial charge >= 0.3 is 0 Å². The van der Waals surface area contributed by atoms with E-state index in [9.17, 15) is 4.79 Å². The lowest BCUT2D eigenvalue weighted by atomic mass is 10.1. The molecule has 0 aliphatic heterocycles. The number of halogens is 1. The first kappa shape index (κ1) is 18.9. The van der Waals surface area contributed by atoms with Crippen molar-refractivity contribution in [1.29, 1.82) is 0 Å². The molecule has 0 radical (unpaired) electrons. The lowest BCUT2D eigenvalue weighted by Crippen LogP contribution is -2.27. The van der Waals surface area contributed by atoms with Crippen molar-refractivity contribution in [2.75, 3.05) is 26.2 Å². The minimum atomic E-state index is -0.0141. The molecule has 0 unspecified atom stereocenters. The van der Waals surface area contributed by atoms with Crippen LogP contribution in [0.4, 0.5) is 0 Å². The average molecular weight is 418 g/mol. The monoisotopic (exact) mass is 417 g/mol. The van der Waals surface area contributed by atoms with Crippen LogP contribution in [0.1, 0.15) is 25.0 Å². The average Bonchev–Trinajstić information content (AvgIpc) is 2.64. The molecule has 0 saturated carbocycles. The molecule has 138 valence electrons. The van der Waals surface area contributed by atoms with E-state index in [4.69, 9.17) is 9.15 Å². The highest BCUT2D eigenvalue weighted by atomic mass is 79.9. The molecule has 0 aliphatic rings. The molecule has 0 aliphatic carbocycles. The Morgan fingerprint density at radius 3 is 2.54 bits per heavy atom. The zero-order valence-corrected chi connectivity index (χ0v) is 17.3. The molecule has 1 aromatic heterocycles. The molecule has 0 atom stereocenters. The number of ether oxygens (including phenoxy) is 1. The minimum Gasteiger partial charge on any atom is -0.492 e. The molecule has 0 bridgehead atoms. The Kier molecular flexibility index (Phi) is 5.68. The van der Waals surface area contributed by atoms with Gasteiger partial charge < -0.3 is 14.1 Å². The molecule has 3 rings (SSSR count). The first-order chi connectivity index (χ1) is 12.5. The predicted molar refractivity (Wildman–Crippen MR) is 110 cm³/mol. The fourth-order valence-corrected chi connectivity index (χ4v) is 3.68. The van der Waals surface area contributed by atoms with Crippen molar-refractivity contribution in [2.24, 2.45) is 0 Å². The standard InChI is InChI=1S/C21H24BrNO3/c1-5-23(6-2)9-10-25-15-7-8-16-18(12-15)26-21-17(20(16)24)11-13(3)14(4)19(21)22/h7-8,11-12H,5-6,9-10H2,1-4H3. The summed E-state index contributed by atoms with van der Waals surface area (Å²) in [5.74, 6) is 0.715. The molecular weight excluding hydrogens is 394 g/mol. The Balaban J connectivity index is 1.99. The van der Waals surface area contributed by atoms with Crippen LogP contribution in [0.2, 0.25) is 0 Å². The second-order valence-corrected chi connectivity index (χ2v) is 7.27. The zero-order valence-electron chi connectivity index (χ0n) is 15.7. The second-order valence-electron chi connectivity index (χ2n) is 6.47. The molecule has 0 amide bonds. The molecule has 0 N–H and O–H groups in total. The molecule has 2 aromatic carbocycles. The van der Waals surface area contributed by atoms with Gasteiger partial charge in [0.05, 0.1) is 15.2 Å². The molecule has 1 heterocycles. The second kappa shape index (κ2) is 7.80. The third kappa shape index (κ3) is 3.51. The number of rotatable bonds is 6. The number of hydrogen-bond donors (Lipinski definition) is 0. The molecule has 0 spiro atoms.